The maximum Gasteiger partial charge on any atom is 0.251 e. The summed E-state index contributed by atoms with van der Waals surface area (Å²) >= 11 is 0. The highest BCUT2D eigenvalue weighted by atomic mass is 32.2. The summed E-state index contributed by atoms with van der Waals surface area (Å²) in [4.78, 5) is 15.5. The summed E-state index contributed by atoms with van der Waals surface area (Å²) in [7, 11) is -3.76. The van der Waals surface area contributed by atoms with Crippen molar-refractivity contribution in [2.45, 2.75) is 43.8 Å². The smallest absolute Gasteiger partial charge is 0.251 e. The number of sulfonamides is 1. The number of rotatable bonds is 8. The van der Waals surface area contributed by atoms with Crippen molar-refractivity contribution in [3.8, 4) is 0 Å². The Morgan fingerprint density at radius 3 is 2.41 bits per heavy atom. The lowest BCUT2D eigenvalue weighted by Gasteiger charge is -2.24. The summed E-state index contributed by atoms with van der Waals surface area (Å²) in [5.74, 6) is -0.251. The quantitative estimate of drug-likeness (QED) is 0.513. The van der Waals surface area contributed by atoms with Gasteiger partial charge in [-0.3, -0.25) is 9.69 Å². The normalized spacial score (nSPS) is 17.4. The van der Waals surface area contributed by atoms with Crippen LogP contribution in [0.3, 0.4) is 0 Å². The Morgan fingerprint density at radius 2 is 1.71 bits per heavy atom. The van der Waals surface area contributed by atoms with Crippen molar-refractivity contribution < 1.29 is 13.2 Å². The maximum absolute atomic E-state index is 13.0. The molecular formula is C27H31N3O3S. The van der Waals surface area contributed by atoms with Gasteiger partial charge in [-0.1, -0.05) is 66.7 Å². The van der Waals surface area contributed by atoms with Crippen molar-refractivity contribution in [1.82, 2.24) is 14.9 Å². The predicted molar refractivity (Wildman–Crippen MR) is 134 cm³/mol. The molecule has 2 atom stereocenters. The number of benzene rings is 3. The van der Waals surface area contributed by atoms with Crippen molar-refractivity contribution in [2.24, 2.45) is 0 Å². The number of carbonyl (C=O) groups is 1. The van der Waals surface area contributed by atoms with Gasteiger partial charge in [0.05, 0.1) is 4.90 Å². The fraction of sp³-hybridized carbons (Fsp3) is 0.296. The number of likely N-dealkylation sites (tertiary alicyclic amines) is 1. The summed E-state index contributed by atoms with van der Waals surface area (Å²) in [6.45, 7) is 5.77. The second-order valence-electron chi connectivity index (χ2n) is 8.83. The molecule has 2 unspecified atom stereocenters. The van der Waals surface area contributed by atoms with Crippen LogP contribution in [0.1, 0.15) is 46.4 Å². The van der Waals surface area contributed by atoms with Crippen LogP contribution in [0.2, 0.25) is 0 Å². The molecule has 3 aromatic rings. The zero-order valence-corrected chi connectivity index (χ0v) is 20.4. The summed E-state index contributed by atoms with van der Waals surface area (Å²) in [5.41, 5.74) is 3.07. The molecule has 178 valence electrons. The fourth-order valence-electron chi connectivity index (χ4n) is 4.35. The Hall–Kier alpha value is -3.00. The van der Waals surface area contributed by atoms with Crippen molar-refractivity contribution in [3.05, 3.63) is 101 Å². The third-order valence-corrected chi connectivity index (χ3v) is 7.98. The van der Waals surface area contributed by atoms with Gasteiger partial charge in [0.1, 0.15) is 0 Å². The van der Waals surface area contributed by atoms with E-state index in [1.54, 1.807) is 19.1 Å². The summed E-state index contributed by atoms with van der Waals surface area (Å²) in [6.07, 6.45) is 0.860. The van der Waals surface area contributed by atoms with Gasteiger partial charge in [-0.25, -0.2) is 13.1 Å². The minimum Gasteiger partial charge on any atom is -0.348 e. The number of hydrogen-bond donors (Lipinski definition) is 2. The Morgan fingerprint density at radius 1 is 1.03 bits per heavy atom. The van der Waals surface area contributed by atoms with E-state index in [1.165, 1.54) is 11.6 Å². The molecule has 1 aliphatic heterocycles. The molecule has 1 heterocycles. The molecule has 0 saturated carbocycles. The van der Waals surface area contributed by atoms with Crippen LogP contribution < -0.4 is 10.0 Å². The lowest BCUT2D eigenvalue weighted by Crippen LogP contribution is -2.37. The van der Waals surface area contributed by atoms with Crippen molar-refractivity contribution >= 4 is 15.9 Å². The average molecular weight is 478 g/mol. The highest BCUT2D eigenvalue weighted by Crippen LogP contribution is 2.25. The standard InChI is InChI=1S/C27H31N3O3S/c1-20-13-14-24(17-26(20)34(32,33)28-18-22-9-5-3-6-10-22)27(31)29-25-15-16-30(19-25)21(2)23-11-7-4-8-12-23/h3-14,17,21,25,28H,15-16,18-19H2,1-2H3,(H,29,31). The second-order valence-corrected chi connectivity index (χ2v) is 10.6. The summed E-state index contributed by atoms with van der Waals surface area (Å²) < 4.78 is 28.5. The molecule has 4 rings (SSSR count). The number of hydrogen-bond acceptors (Lipinski definition) is 4. The van der Waals surface area contributed by atoms with Gasteiger partial charge in [0, 0.05) is 37.3 Å². The van der Waals surface area contributed by atoms with E-state index in [0.717, 1.165) is 25.1 Å². The van der Waals surface area contributed by atoms with Crippen LogP contribution in [-0.2, 0) is 16.6 Å². The first kappa shape index (κ1) is 24.1. The SMILES string of the molecule is Cc1ccc(C(=O)NC2CCN(C(C)c3ccccc3)C2)cc1S(=O)(=O)NCc1ccccc1. The van der Waals surface area contributed by atoms with Crippen LogP contribution in [0.25, 0.3) is 0 Å². The zero-order valence-electron chi connectivity index (χ0n) is 19.6. The molecule has 1 aliphatic rings. The molecule has 1 amide bonds. The molecule has 0 bridgehead atoms. The van der Waals surface area contributed by atoms with Crippen molar-refractivity contribution in [2.75, 3.05) is 13.1 Å². The van der Waals surface area contributed by atoms with Gasteiger partial charge in [-0.15, -0.1) is 0 Å². The van der Waals surface area contributed by atoms with Gasteiger partial charge >= 0.3 is 0 Å². The third kappa shape index (κ3) is 5.73. The van der Waals surface area contributed by atoms with Crippen LogP contribution >= 0.6 is 0 Å². The molecule has 3 aromatic carbocycles. The summed E-state index contributed by atoms with van der Waals surface area (Å²) in [6, 6.07) is 24.8. The molecule has 6 nitrogen and oxygen atoms in total. The first-order chi connectivity index (χ1) is 16.3. The first-order valence-corrected chi connectivity index (χ1v) is 13.1. The summed E-state index contributed by atoms with van der Waals surface area (Å²) in [5, 5.41) is 3.09. The van der Waals surface area contributed by atoms with Crippen molar-refractivity contribution in [3.63, 3.8) is 0 Å². The maximum atomic E-state index is 13.0. The number of nitrogens with zero attached hydrogens (tertiary/aromatic N) is 1. The Kier molecular flexibility index (Phi) is 7.46. The third-order valence-electron chi connectivity index (χ3n) is 6.43. The minimum atomic E-state index is -3.76. The van der Waals surface area contributed by atoms with E-state index in [1.807, 2.05) is 48.5 Å². The second kappa shape index (κ2) is 10.5. The van der Waals surface area contributed by atoms with Crippen molar-refractivity contribution in [1.29, 1.82) is 0 Å². The van der Waals surface area contributed by atoms with Gasteiger partial charge in [-0.2, -0.15) is 0 Å². The Labute approximate surface area is 202 Å². The Balaban J connectivity index is 1.41. The monoisotopic (exact) mass is 477 g/mol. The molecule has 1 fully saturated rings. The van der Waals surface area contributed by atoms with E-state index in [-0.39, 0.29) is 29.4 Å². The first-order valence-electron chi connectivity index (χ1n) is 11.6. The van der Waals surface area contributed by atoms with Crippen LogP contribution in [0.5, 0.6) is 0 Å². The number of nitrogens with one attached hydrogen (secondary N) is 2. The molecule has 0 spiro atoms. The molecule has 7 heteroatoms. The Bertz CT molecular complexity index is 1230. The fourth-order valence-corrected chi connectivity index (χ4v) is 5.64. The predicted octanol–water partition coefficient (Wildman–Crippen LogP) is 4.04. The lowest BCUT2D eigenvalue weighted by atomic mass is 10.1. The number of carbonyl (C=O) groups excluding carboxylic acids is 1. The van der Waals surface area contributed by atoms with E-state index in [0.29, 0.717) is 11.1 Å². The zero-order chi connectivity index (χ0) is 24.1. The van der Waals surface area contributed by atoms with Gasteiger partial charge in [-0.05, 0) is 49.1 Å². The molecule has 0 aromatic heterocycles. The number of aryl methyl sites for hydroxylation is 1. The van der Waals surface area contributed by atoms with E-state index >= 15 is 0 Å². The van der Waals surface area contributed by atoms with Crippen LogP contribution in [-0.4, -0.2) is 38.4 Å². The highest BCUT2D eigenvalue weighted by Gasteiger charge is 2.28. The molecule has 1 saturated heterocycles. The largest absolute Gasteiger partial charge is 0.348 e. The van der Waals surface area contributed by atoms with Gasteiger partial charge in [0.15, 0.2) is 0 Å². The topological polar surface area (TPSA) is 78.5 Å². The van der Waals surface area contributed by atoms with E-state index < -0.39 is 10.0 Å². The van der Waals surface area contributed by atoms with E-state index in [4.69, 9.17) is 0 Å². The van der Waals surface area contributed by atoms with Gasteiger partial charge < -0.3 is 5.32 Å². The van der Waals surface area contributed by atoms with E-state index in [9.17, 15) is 13.2 Å². The lowest BCUT2D eigenvalue weighted by molar-refractivity contribution is 0.0936. The molecule has 0 aliphatic carbocycles. The van der Waals surface area contributed by atoms with Gasteiger partial charge in [0.25, 0.3) is 5.91 Å². The van der Waals surface area contributed by atoms with Crippen LogP contribution in [0, 0.1) is 6.92 Å². The van der Waals surface area contributed by atoms with Gasteiger partial charge in [0.2, 0.25) is 10.0 Å². The van der Waals surface area contributed by atoms with Crippen LogP contribution in [0.4, 0.5) is 0 Å². The molecule has 34 heavy (non-hydrogen) atoms. The minimum absolute atomic E-state index is 0.0243. The molecule has 0 radical (unpaired) electrons. The molecule has 2 N–H and O–H groups in total. The van der Waals surface area contributed by atoms with E-state index in [2.05, 4.69) is 34.0 Å². The average Bonchev–Trinajstić information content (AvgIpc) is 3.32. The number of amides is 1. The highest BCUT2D eigenvalue weighted by molar-refractivity contribution is 7.89. The molecular weight excluding hydrogens is 446 g/mol. The van der Waals surface area contributed by atoms with Crippen LogP contribution in [0.15, 0.2) is 83.8 Å².